The molecule has 0 aromatic rings. The fourth-order valence-electron chi connectivity index (χ4n) is 1.79. The summed E-state index contributed by atoms with van der Waals surface area (Å²) in [6, 6.07) is 2.38. The summed E-state index contributed by atoms with van der Waals surface area (Å²) in [6.07, 6.45) is 4.61. The Hall–Kier alpha value is 0.134. The first-order valence-corrected chi connectivity index (χ1v) is 11.9. The zero-order chi connectivity index (χ0) is 11.2. The van der Waals surface area contributed by atoms with Gasteiger partial charge < -0.3 is 4.12 Å². The molecule has 0 radical (unpaired) electrons. The fourth-order valence-corrected chi connectivity index (χ4v) is 10.4. The lowest BCUT2D eigenvalue weighted by Gasteiger charge is -2.33. The molecule has 84 valence electrons. The first kappa shape index (κ1) is 14.1. The van der Waals surface area contributed by atoms with Gasteiger partial charge in [0.2, 0.25) is 0 Å². The van der Waals surface area contributed by atoms with Gasteiger partial charge in [-0.3, -0.25) is 0 Å². The summed E-state index contributed by atoms with van der Waals surface area (Å²) in [7, 11) is -2.83. The van der Waals surface area contributed by atoms with E-state index < -0.39 is 16.6 Å². The molecule has 0 heterocycles. The summed E-state index contributed by atoms with van der Waals surface area (Å²) >= 11 is 0. The van der Waals surface area contributed by atoms with E-state index in [2.05, 4.69) is 39.7 Å². The highest BCUT2D eigenvalue weighted by Gasteiger charge is 2.31. The van der Waals surface area contributed by atoms with Crippen LogP contribution < -0.4 is 0 Å². The molecule has 0 aromatic heterocycles. The van der Waals surface area contributed by atoms with Gasteiger partial charge in [0.1, 0.15) is 0 Å². The highest BCUT2D eigenvalue weighted by Crippen LogP contribution is 2.23. The maximum atomic E-state index is 6.37. The molecule has 0 rings (SSSR count). The van der Waals surface area contributed by atoms with Crippen LogP contribution in [0.3, 0.4) is 0 Å². The van der Waals surface area contributed by atoms with Crippen LogP contribution in [0.25, 0.3) is 0 Å². The van der Waals surface area contributed by atoms with Crippen molar-refractivity contribution >= 4 is 16.6 Å². The third kappa shape index (κ3) is 6.57. The molecule has 1 nitrogen and oxygen atoms in total. The van der Waals surface area contributed by atoms with Crippen molar-refractivity contribution in [1.29, 1.82) is 0 Å². The number of rotatable bonds is 7. The lowest BCUT2D eigenvalue weighted by molar-refractivity contribution is 0.538. The van der Waals surface area contributed by atoms with E-state index in [4.69, 9.17) is 4.12 Å². The van der Waals surface area contributed by atoms with E-state index in [1.807, 2.05) is 6.08 Å². The summed E-state index contributed by atoms with van der Waals surface area (Å²) in [5.41, 5.74) is 0. The first-order chi connectivity index (χ1) is 6.33. The van der Waals surface area contributed by atoms with Crippen LogP contribution in [0.2, 0.25) is 38.3 Å². The Morgan fingerprint density at radius 3 is 2.14 bits per heavy atom. The molecule has 14 heavy (non-hydrogen) atoms. The van der Waals surface area contributed by atoms with Gasteiger partial charge in [-0.15, -0.1) is 6.58 Å². The topological polar surface area (TPSA) is 9.23 Å². The molecule has 0 N–H and O–H groups in total. The smallest absolute Gasteiger partial charge is 0.177 e. The van der Waals surface area contributed by atoms with E-state index in [1.165, 1.54) is 18.9 Å². The van der Waals surface area contributed by atoms with Gasteiger partial charge in [-0.05, 0) is 38.3 Å². The molecule has 0 atom stereocenters. The maximum absolute atomic E-state index is 6.37. The molecule has 0 unspecified atom stereocenters. The Bertz CT molecular complexity index is 176. The molecule has 0 aliphatic rings. The van der Waals surface area contributed by atoms with Crippen molar-refractivity contribution in [3.63, 3.8) is 0 Å². The van der Waals surface area contributed by atoms with E-state index in [9.17, 15) is 0 Å². The van der Waals surface area contributed by atoms with Gasteiger partial charge in [-0.2, -0.15) is 0 Å². The Kier molecular flexibility index (Phi) is 5.94. The van der Waals surface area contributed by atoms with Crippen LogP contribution in [-0.4, -0.2) is 16.6 Å². The minimum Gasteiger partial charge on any atom is -0.455 e. The standard InChI is InChI=1S/C11H26OSi2/c1-7-9-11-14(5,6)12-13(3,4)10-8-2/h8H,2,7,9-11H2,1,3-6H3. The quantitative estimate of drug-likeness (QED) is 0.465. The van der Waals surface area contributed by atoms with Gasteiger partial charge in [0, 0.05) is 0 Å². The van der Waals surface area contributed by atoms with E-state index in [-0.39, 0.29) is 0 Å². The highest BCUT2D eigenvalue weighted by atomic mass is 28.4. The van der Waals surface area contributed by atoms with E-state index in [0.29, 0.717) is 0 Å². The Morgan fingerprint density at radius 2 is 1.71 bits per heavy atom. The van der Waals surface area contributed by atoms with Crippen molar-refractivity contribution in [2.45, 2.75) is 58.0 Å². The number of allylic oxidation sites excluding steroid dienone is 1. The van der Waals surface area contributed by atoms with Gasteiger partial charge in [0.25, 0.3) is 0 Å². The van der Waals surface area contributed by atoms with Crippen LogP contribution in [0.5, 0.6) is 0 Å². The lowest BCUT2D eigenvalue weighted by atomic mass is 10.4. The van der Waals surface area contributed by atoms with E-state index in [0.717, 1.165) is 6.04 Å². The zero-order valence-corrected chi connectivity index (χ0v) is 12.5. The minimum absolute atomic E-state index is 1.08. The van der Waals surface area contributed by atoms with Crippen molar-refractivity contribution in [3.05, 3.63) is 12.7 Å². The van der Waals surface area contributed by atoms with Gasteiger partial charge in [0.05, 0.1) is 0 Å². The second-order valence-corrected chi connectivity index (χ2v) is 14.0. The molecule has 0 fully saturated rings. The predicted octanol–water partition coefficient (Wildman–Crippen LogP) is 4.40. The SMILES string of the molecule is C=CC[Si](C)(C)O[Si](C)(C)CCCC. The van der Waals surface area contributed by atoms with Crippen LogP contribution in [0.1, 0.15) is 19.8 Å². The average molecular weight is 230 g/mol. The largest absolute Gasteiger partial charge is 0.455 e. The van der Waals surface area contributed by atoms with Gasteiger partial charge >= 0.3 is 0 Å². The van der Waals surface area contributed by atoms with Crippen LogP contribution >= 0.6 is 0 Å². The summed E-state index contributed by atoms with van der Waals surface area (Å²) in [5, 5.41) is 0. The number of hydrogen-bond donors (Lipinski definition) is 0. The van der Waals surface area contributed by atoms with Crippen LogP contribution in [0.4, 0.5) is 0 Å². The number of unbranched alkanes of at least 4 members (excludes halogenated alkanes) is 1. The highest BCUT2D eigenvalue weighted by molar-refractivity contribution is 6.85. The molecule has 0 aromatic carbocycles. The van der Waals surface area contributed by atoms with Crippen molar-refractivity contribution in [2.75, 3.05) is 0 Å². The van der Waals surface area contributed by atoms with Gasteiger partial charge in [-0.25, -0.2) is 0 Å². The van der Waals surface area contributed by atoms with Crippen molar-refractivity contribution in [1.82, 2.24) is 0 Å². The normalized spacial score (nSPS) is 12.9. The summed E-state index contributed by atoms with van der Waals surface area (Å²) in [5.74, 6) is 0. The first-order valence-electron chi connectivity index (χ1n) is 5.64. The van der Waals surface area contributed by atoms with Crippen LogP contribution in [0.15, 0.2) is 12.7 Å². The predicted molar refractivity (Wildman–Crippen MR) is 70.8 cm³/mol. The third-order valence-corrected chi connectivity index (χ3v) is 9.57. The van der Waals surface area contributed by atoms with E-state index in [1.54, 1.807) is 0 Å². The second kappa shape index (κ2) is 5.88. The Labute approximate surface area is 91.8 Å². The zero-order valence-electron chi connectivity index (χ0n) is 10.5. The molecule has 0 amide bonds. The van der Waals surface area contributed by atoms with Gasteiger partial charge in [0.15, 0.2) is 16.6 Å². The second-order valence-electron chi connectivity index (χ2n) is 5.22. The number of hydrogen-bond acceptors (Lipinski definition) is 1. The van der Waals surface area contributed by atoms with Crippen LogP contribution in [-0.2, 0) is 4.12 Å². The Balaban J connectivity index is 4.11. The van der Waals surface area contributed by atoms with E-state index >= 15 is 0 Å². The van der Waals surface area contributed by atoms with Crippen molar-refractivity contribution in [3.8, 4) is 0 Å². The third-order valence-electron chi connectivity index (χ3n) is 2.32. The molecular weight excluding hydrogens is 204 g/mol. The molecule has 0 aliphatic carbocycles. The fraction of sp³-hybridized carbons (Fsp3) is 0.818. The lowest BCUT2D eigenvalue weighted by Crippen LogP contribution is -2.43. The molecule has 0 spiro atoms. The minimum atomic E-state index is -1.45. The average Bonchev–Trinajstić information content (AvgIpc) is 1.98. The molecule has 0 bridgehead atoms. The molecule has 0 saturated heterocycles. The Morgan fingerprint density at radius 1 is 1.14 bits per heavy atom. The molecule has 3 heteroatoms. The molecular formula is C11H26OSi2. The maximum Gasteiger partial charge on any atom is 0.177 e. The summed E-state index contributed by atoms with van der Waals surface area (Å²) in [4.78, 5) is 0. The monoisotopic (exact) mass is 230 g/mol. The molecule has 0 aliphatic heterocycles. The summed E-state index contributed by atoms with van der Waals surface area (Å²) < 4.78 is 6.37. The molecule has 0 saturated carbocycles. The summed E-state index contributed by atoms with van der Waals surface area (Å²) in [6.45, 7) is 15.4. The van der Waals surface area contributed by atoms with Crippen molar-refractivity contribution in [2.24, 2.45) is 0 Å². The van der Waals surface area contributed by atoms with Crippen LogP contribution in [0, 0.1) is 0 Å². The van der Waals surface area contributed by atoms with Gasteiger partial charge in [-0.1, -0.05) is 25.8 Å². The van der Waals surface area contributed by atoms with Crippen molar-refractivity contribution < 1.29 is 4.12 Å².